The van der Waals surface area contributed by atoms with Crippen LogP contribution in [-0.4, -0.2) is 60.1 Å². The quantitative estimate of drug-likeness (QED) is 0.759. The second-order valence-corrected chi connectivity index (χ2v) is 8.30. The number of hydrogen-bond acceptors (Lipinski definition) is 4. The van der Waals surface area contributed by atoms with Crippen molar-refractivity contribution in [2.24, 2.45) is 0 Å². The van der Waals surface area contributed by atoms with E-state index in [1.165, 1.54) is 4.90 Å². The van der Waals surface area contributed by atoms with Gasteiger partial charge in [0, 0.05) is 30.7 Å². The minimum Gasteiger partial charge on any atom is -0.371 e. The van der Waals surface area contributed by atoms with Gasteiger partial charge in [-0.15, -0.1) is 0 Å². The van der Waals surface area contributed by atoms with Crippen LogP contribution in [0.1, 0.15) is 37.4 Å². The fourth-order valence-corrected chi connectivity index (χ4v) is 4.49. The number of amides is 3. The van der Waals surface area contributed by atoms with Gasteiger partial charge in [-0.25, -0.2) is 4.79 Å². The maximum absolute atomic E-state index is 12.7. The first kappa shape index (κ1) is 17.9. The van der Waals surface area contributed by atoms with Crippen molar-refractivity contribution in [3.63, 3.8) is 0 Å². The lowest BCUT2D eigenvalue weighted by molar-refractivity contribution is -0.131. The highest BCUT2D eigenvalue weighted by Crippen LogP contribution is 2.35. The summed E-state index contributed by atoms with van der Waals surface area (Å²) >= 11 is 3.45. The molecular formula is C19H24BrN3O3. The summed E-state index contributed by atoms with van der Waals surface area (Å²) in [4.78, 5) is 28.7. The van der Waals surface area contributed by atoms with E-state index < -0.39 is 5.54 Å². The van der Waals surface area contributed by atoms with E-state index in [0.717, 1.165) is 48.8 Å². The number of rotatable bonds is 4. The Kier molecular flexibility index (Phi) is 5.03. The number of morpholine rings is 1. The lowest BCUT2D eigenvalue weighted by Gasteiger charge is -2.33. The molecule has 3 fully saturated rings. The number of ether oxygens (including phenoxy) is 1. The molecule has 7 heteroatoms. The molecule has 3 aliphatic rings. The van der Waals surface area contributed by atoms with E-state index in [4.69, 9.17) is 4.74 Å². The van der Waals surface area contributed by atoms with Crippen molar-refractivity contribution in [3.8, 4) is 0 Å². The molecule has 140 valence electrons. The molecule has 0 radical (unpaired) electrons. The SMILES string of the molecule is O=C1NC2(CCCC2)C(=O)N1CCN1CCOC(c2ccc(Br)cc2)C1. The first-order valence-electron chi connectivity index (χ1n) is 9.31. The molecule has 2 aliphatic heterocycles. The van der Waals surface area contributed by atoms with Gasteiger partial charge in [-0.05, 0) is 30.5 Å². The molecule has 1 unspecified atom stereocenters. The Morgan fingerprint density at radius 2 is 1.88 bits per heavy atom. The summed E-state index contributed by atoms with van der Waals surface area (Å²) in [5.74, 6) is -0.0299. The first-order chi connectivity index (χ1) is 12.6. The van der Waals surface area contributed by atoms with Crippen LogP contribution in [-0.2, 0) is 9.53 Å². The topological polar surface area (TPSA) is 61.9 Å². The van der Waals surface area contributed by atoms with Crippen molar-refractivity contribution < 1.29 is 14.3 Å². The second-order valence-electron chi connectivity index (χ2n) is 7.39. The van der Waals surface area contributed by atoms with Crippen molar-refractivity contribution in [1.82, 2.24) is 15.1 Å². The minimum absolute atomic E-state index is 0.0288. The molecule has 26 heavy (non-hydrogen) atoms. The number of hydrogen-bond donors (Lipinski definition) is 1. The van der Waals surface area contributed by atoms with Gasteiger partial charge < -0.3 is 10.1 Å². The van der Waals surface area contributed by atoms with Gasteiger partial charge in [0.05, 0.1) is 12.7 Å². The summed E-state index contributed by atoms with van der Waals surface area (Å²) in [7, 11) is 0. The van der Waals surface area contributed by atoms with Crippen molar-refractivity contribution in [1.29, 1.82) is 0 Å². The van der Waals surface area contributed by atoms with Crippen LogP contribution in [0.3, 0.4) is 0 Å². The number of carbonyl (C=O) groups excluding carboxylic acids is 2. The lowest BCUT2D eigenvalue weighted by Crippen LogP contribution is -2.46. The Hall–Kier alpha value is -1.44. The molecule has 1 N–H and O–H groups in total. The number of halogens is 1. The van der Waals surface area contributed by atoms with Gasteiger partial charge in [-0.3, -0.25) is 14.6 Å². The Bertz CT molecular complexity index is 688. The molecule has 1 aromatic rings. The van der Waals surface area contributed by atoms with Gasteiger partial charge in [-0.2, -0.15) is 0 Å². The number of imide groups is 1. The monoisotopic (exact) mass is 421 g/mol. The maximum atomic E-state index is 12.7. The van der Waals surface area contributed by atoms with Gasteiger partial charge in [0.2, 0.25) is 0 Å². The zero-order valence-electron chi connectivity index (χ0n) is 14.7. The molecule has 1 aliphatic carbocycles. The third-order valence-electron chi connectivity index (χ3n) is 5.74. The molecule has 2 heterocycles. The molecule has 3 amide bonds. The Morgan fingerprint density at radius 1 is 1.15 bits per heavy atom. The molecular weight excluding hydrogens is 398 g/mol. The van der Waals surface area contributed by atoms with Crippen LogP contribution in [0, 0.1) is 0 Å². The molecule has 1 saturated carbocycles. The van der Waals surface area contributed by atoms with Gasteiger partial charge in [0.25, 0.3) is 5.91 Å². The Labute approximate surface area is 162 Å². The van der Waals surface area contributed by atoms with Crippen molar-refractivity contribution in [2.45, 2.75) is 37.3 Å². The normalized spacial score (nSPS) is 25.9. The minimum atomic E-state index is -0.609. The fraction of sp³-hybridized carbons (Fsp3) is 0.579. The van der Waals surface area contributed by atoms with Gasteiger partial charge in [-0.1, -0.05) is 40.9 Å². The van der Waals surface area contributed by atoms with E-state index in [1.54, 1.807) is 0 Å². The van der Waals surface area contributed by atoms with Crippen LogP contribution >= 0.6 is 15.9 Å². The highest BCUT2D eigenvalue weighted by molar-refractivity contribution is 9.10. The van der Waals surface area contributed by atoms with Gasteiger partial charge in [0.15, 0.2) is 0 Å². The molecule has 1 spiro atoms. The molecule has 1 atom stereocenters. The van der Waals surface area contributed by atoms with E-state index in [9.17, 15) is 9.59 Å². The third kappa shape index (κ3) is 3.40. The van der Waals surface area contributed by atoms with Crippen molar-refractivity contribution in [2.75, 3.05) is 32.8 Å². The van der Waals surface area contributed by atoms with Crippen molar-refractivity contribution in [3.05, 3.63) is 34.3 Å². The highest BCUT2D eigenvalue weighted by atomic mass is 79.9. The van der Waals surface area contributed by atoms with Gasteiger partial charge in [0.1, 0.15) is 5.54 Å². The predicted octanol–water partition coefficient (Wildman–Crippen LogP) is 2.69. The van der Waals surface area contributed by atoms with Crippen LogP contribution in [0.25, 0.3) is 0 Å². The standard InChI is InChI=1S/C19H24BrN3O3/c20-15-5-3-14(4-6-15)16-13-22(11-12-26-16)9-10-23-17(24)19(21-18(23)25)7-1-2-8-19/h3-6,16H,1-2,7-13H2,(H,21,25). The molecule has 0 bridgehead atoms. The van der Waals surface area contributed by atoms with Crippen LogP contribution in [0.4, 0.5) is 4.79 Å². The zero-order chi connectivity index (χ0) is 18.1. The predicted molar refractivity (Wildman–Crippen MR) is 101 cm³/mol. The second kappa shape index (κ2) is 7.29. The van der Waals surface area contributed by atoms with Crippen molar-refractivity contribution >= 4 is 27.9 Å². The largest absolute Gasteiger partial charge is 0.371 e. The van der Waals surface area contributed by atoms with Crippen LogP contribution in [0.2, 0.25) is 0 Å². The number of nitrogens with zero attached hydrogens (tertiary/aromatic N) is 2. The Balaban J connectivity index is 1.35. The maximum Gasteiger partial charge on any atom is 0.325 e. The third-order valence-corrected chi connectivity index (χ3v) is 6.26. The summed E-state index contributed by atoms with van der Waals surface area (Å²) in [6, 6.07) is 7.95. The highest BCUT2D eigenvalue weighted by Gasteiger charge is 2.52. The zero-order valence-corrected chi connectivity index (χ0v) is 16.3. The van der Waals surface area contributed by atoms with Gasteiger partial charge >= 0.3 is 6.03 Å². The summed E-state index contributed by atoms with van der Waals surface area (Å²) in [5, 5.41) is 2.95. The molecule has 4 rings (SSSR count). The number of urea groups is 1. The average Bonchev–Trinajstić information content (AvgIpc) is 3.20. The molecule has 6 nitrogen and oxygen atoms in total. The van der Waals surface area contributed by atoms with Crippen LogP contribution in [0.15, 0.2) is 28.7 Å². The van der Waals surface area contributed by atoms with Crippen LogP contribution in [0.5, 0.6) is 0 Å². The molecule has 1 aromatic carbocycles. The average molecular weight is 422 g/mol. The van der Waals surface area contributed by atoms with Crippen LogP contribution < -0.4 is 5.32 Å². The van der Waals surface area contributed by atoms with E-state index in [1.807, 2.05) is 12.1 Å². The summed E-state index contributed by atoms with van der Waals surface area (Å²) in [6.07, 6.45) is 3.60. The fourth-order valence-electron chi connectivity index (χ4n) is 4.22. The smallest absolute Gasteiger partial charge is 0.325 e. The van der Waals surface area contributed by atoms with E-state index in [0.29, 0.717) is 19.7 Å². The van der Waals surface area contributed by atoms with E-state index in [-0.39, 0.29) is 18.0 Å². The van der Waals surface area contributed by atoms with E-state index >= 15 is 0 Å². The molecule has 2 saturated heterocycles. The first-order valence-corrected chi connectivity index (χ1v) is 10.1. The number of nitrogens with one attached hydrogen (secondary N) is 1. The summed E-state index contributed by atoms with van der Waals surface area (Å²) in [5.41, 5.74) is 0.542. The lowest BCUT2D eigenvalue weighted by atomic mass is 9.98. The summed E-state index contributed by atoms with van der Waals surface area (Å²) < 4.78 is 6.96. The summed E-state index contributed by atoms with van der Waals surface area (Å²) in [6.45, 7) is 3.38. The van der Waals surface area contributed by atoms with E-state index in [2.05, 4.69) is 38.3 Å². The molecule has 0 aromatic heterocycles. The Morgan fingerprint density at radius 3 is 2.62 bits per heavy atom. The number of benzene rings is 1. The number of carbonyl (C=O) groups is 2.